The van der Waals surface area contributed by atoms with Crippen molar-refractivity contribution >= 4 is 0 Å². The van der Waals surface area contributed by atoms with E-state index in [0.29, 0.717) is 0 Å². The summed E-state index contributed by atoms with van der Waals surface area (Å²) >= 11 is 0. The largest absolute Gasteiger partial charge is 0.496 e. The van der Waals surface area contributed by atoms with Crippen molar-refractivity contribution in [1.29, 1.82) is 0 Å². The Labute approximate surface area is 85.5 Å². The maximum absolute atomic E-state index is 9.87. The van der Waals surface area contributed by atoms with E-state index in [0.717, 1.165) is 22.4 Å². The van der Waals surface area contributed by atoms with Gasteiger partial charge in [0.1, 0.15) is 5.75 Å². The van der Waals surface area contributed by atoms with E-state index >= 15 is 0 Å². The molecule has 0 saturated carbocycles. The van der Waals surface area contributed by atoms with Gasteiger partial charge in [-0.25, -0.2) is 0 Å². The summed E-state index contributed by atoms with van der Waals surface area (Å²) in [5, 5.41) is 9.87. The number of rotatable bonds is 2. The van der Waals surface area contributed by atoms with Crippen LogP contribution in [0.1, 0.15) is 30.5 Å². The van der Waals surface area contributed by atoms with Gasteiger partial charge >= 0.3 is 0 Å². The molecule has 0 unspecified atom stereocenters. The minimum absolute atomic E-state index is 0.814. The summed E-state index contributed by atoms with van der Waals surface area (Å²) in [6, 6.07) is 3.89. The summed E-state index contributed by atoms with van der Waals surface area (Å²) in [5.74, 6) is 0.835. The van der Waals surface area contributed by atoms with Gasteiger partial charge in [0.05, 0.1) is 12.7 Å². The Morgan fingerprint density at radius 3 is 2.21 bits per heavy atom. The van der Waals surface area contributed by atoms with E-state index in [-0.39, 0.29) is 0 Å². The van der Waals surface area contributed by atoms with Gasteiger partial charge in [-0.3, -0.25) is 0 Å². The molecule has 1 rings (SSSR count). The fourth-order valence-corrected chi connectivity index (χ4v) is 1.39. The first-order valence-corrected chi connectivity index (χ1v) is 4.74. The summed E-state index contributed by atoms with van der Waals surface area (Å²) in [6.45, 7) is 7.59. The smallest absolute Gasteiger partial charge is 0.122 e. The van der Waals surface area contributed by atoms with Crippen LogP contribution in [0.5, 0.6) is 5.75 Å². The summed E-state index contributed by atoms with van der Waals surface area (Å²) in [7, 11) is 1.65. The van der Waals surface area contributed by atoms with Crippen molar-refractivity contribution in [1.82, 2.24) is 0 Å². The number of aliphatic hydroxyl groups is 1. The highest BCUT2D eigenvalue weighted by Crippen LogP contribution is 2.29. The van der Waals surface area contributed by atoms with Gasteiger partial charge in [-0.15, -0.1) is 0 Å². The topological polar surface area (TPSA) is 29.5 Å². The number of methoxy groups -OCH3 is 1. The number of aryl methyl sites for hydroxylation is 1. The van der Waals surface area contributed by atoms with Gasteiger partial charge in [0.25, 0.3) is 0 Å². The first-order valence-electron chi connectivity index (χ1n) is 4.74. The molecule has 0 saturated heterocycles. The Hall–Kier alpha value is -1.02. The third-order valence-electron chi connectivity index (χ3n) is 2.55. The first kappa shape index (κ1) is 11.1. The molecule has 0 bridgehead atoms. The van der Waals surface area contributed by atoms with Gasteiger partial charge in [-0.2, -0.15) is 0 Å². The van der Waals surface area contributed by atoms with Crippen molar-refractivity contribution < 1.29 is 9.84 Å². The van der Waals surface area contributed by atoms with Gasteiger partial charge < -0.3 is 9.84 Å². The number of hydrogen-bond donors (Lipinski definition) is 1. The van der Waals surface area contributed by atoms with Crippen molar-refractivity contribution in [3.63, 3.8) is 0 Å². The highest BCUT2D eigenvalue weighted by Gasteiger charge is 2.18. The lowest BCUT2D eigenvalue weighted by Gasteiger charge is -2.20. The van der Waals surface area contributed by atoms with Gasteiger partial charge in [0, 0.05) is 0 Å². The van der Waals surface area contributed by atoms with E-state index < -0.39 is 5.60 Å². The van der Waals surface area contributed by atoms with Gasteiger partial charge in [-0.1, -0.05) is 6.07 Å². The fraction of sp³-hybridized carbons (Fsp3) is 0.500. The molecule has 2 nitrogen and oxygen atoms in total. The molecule has 1 aromatic carbocycles. The van der Waals surface area contributed by atoms with Crippen molar-refractivity contribution in [2.45, 2.75) is 33.3 Å². The fourth-order valence-electron chi connectivity index (χ4n) is 1.39. The predicted octanol–water partition coefficient (Wildman–Crippen LogP) is 2.54. The van der Waals surface area contributed by atoms with Crippen LogP contribution in [0.25, 0.3) is 0 Å². The van der Waals surface area contributed by atoms with Gasteiger partial charge in [-0.05, 0) is 50.5 Å². The molecule has 0 radical (unpaired) electrons. The minimum Gasteiger partial charge on any atom is -0.496 e. The van der Waals surface area contributed by atoms with Gasteiger partial charge in [0.2, 0.25) is 0 Å². The molecule has 0 spiro atoms. The summed E-state index contributed by atoms with van der Waals surface area (Å²) in [4.78, 5) is 0. The average Bonchev–Trinajstić information content (AvgIpc) is 2.07. The highest BCUT2D eigenvalue weighted by molar-refractivity contribution is 5.43. The van der Waals surface area contributed by atoms with Crippen LogP contribution in [0.2, 0.25) is 0 Å². The molecule has 0 aliphatic carbocycles. The van der Waals surface area contributed by atoms with Crippen molar-refractivity contribution in [2.75, 3.05) is 7.11 Å². The number of hydrogen-bond acceptors (Lipinski definition) is 2. The zero-order valence-electron chi connectivity index (χ0n) is 9.51. The molecule has 0 heterocycles. The normalized spacial score (nSPS) is 11.6. The second kappa shape index (κ2) is 3.62. The quantitative estimate of drug-likeness (QED) is 0.784. The molecule has 1 aromatic rings. The van der Waals surface area contributed by atoms with Crippen LogP contribution < -0.4 is 4.74 Å². The monoisotopic (exact) mass is 194 g/mol. The molecule has 14 heavy (non-hydrogen) atoms. The Morgan fingerprint density at radius 1 is 1.21 bits per heavy atom. The van der Waals surface area contributed by atoms with Crippen LogP contribution in [0.4, 0.5) is 0 Å². The van der Waals surface area contributed by atoms with Crippen molar-refractivity contribution in [3.8, 4) is 5.75 Å². The Kier molecular flexibility index (Phi) is 2.86. The lowest BCUT2D eigenvalue weighted by molar-refractivity contribution is 0.0782. The highest BCUT2D eigenvalue weighted by atomic mass is 16.5. The first-order chi connectivity index (χ1) is 6.36. The Balaban J connectivity index is 3.30. The molecule has 78 valence electrons. The lowest BCUT2D eigenvalue weighted by atomic mass is 9.94. The molecule has 1 N–H and O–H groups in total. The average molecular weight is 194 g/mol. The molecule has 0 fully saturated rings. The molecular formula is C12H18O2. The van der Waals surface area contributed by atoms with Gasteiger partial charge in [0.15, 0.2) is 0 Å². The van der Waals surface area contributed by atoms with E-state index in [9.17, 15) is 5.11 Å². The molecular weight excluding hydrogens is 176 g/mol. The molecule has 0 atom stereocenters. The lowest BCUT2D eigenvalue weighted by Crippen LogP contribution is -2.16. The summed E-state index contributed by atoms with van der Waals surface area (Å²) in [5.41, 5.74) is 2.34. The summed E-state index contributed by atoms with van der Waals surface area (Å²) in [6.07, 6.45) is 0. The van der Waals surface area contributed by atoms with Crippen molar-refractivity contribution in [2.24, 2.45) is 0 Å². The van der Waals surface area contributed by atoms with E-state index in [1.54, 1.807) is 21.0 Å². The Bertz CT molecular complexity index is 335. The second-order valence-corrected chi connectivity index (χ2v) is 4.18. The van der Waals surface area contributed by atoms with E-state index in [1.165, 1.54) is 0 Å². The SMILES string of the molecule is COc1cc(C(C)(C)O)cc(C)c1C. The maximum atomic E-state index is 9.87. The van der Waals surface area contributed by atoms with Crippen LogP contribution in [0, 0.1) is 13.8 Å². The number of benzene rings is 1. The predicted molar refractivity (Wildman–Crippen MR) is 57.7 cm³/mol. The van der Waals surface area contributed by atoms with Crippen LogP contribution in [-0.4, -0.2) is 12.2 Å². The zero-order valence-corrected chi connectivity index (χ0v) is 9.51. The molecule has 2 heteroatoms. The third-order valence-corrected chi connectivity index (χ3v) is 2.55. The number of ether oxygens (including phenoxy) is 1. The third kappa shape index (κ3) is 2.07. The maximum Gasteiger partial charge on any atom is 0.122 e. The molecule has 0 aliphatic rings. The molecule has 0 amide bonds. The molecule has 0 aromatic heterocycles. The van der Waals surface area contributed by atoms with E-state index in [1.807, 2.05) is 26.0 Å². The van der Waals surface area contributed by atoms with E-state index in [4.69, 9.17) is 4.74 Å². The standard InChI is InChI=1S/C12H18O2/c1-8-6-10(12(3,4)13)7-11(14-5)9(8)2/h6-7,13H,1-5H3. The van der Waals surface area contributed by atoms with E-state index in [2.05, 4.69) is 0 Å². The van der Waals surface area contributed by atoms with Crippen LogP contribution in [0.3, 0.4) is 0 Å². The zero-order chi connectivity index (χ0) is 10.9. The Morgan fingerprint density at radius 2 is 1.79 bits per heavy atom. The second-order valence-electron chi connectivity index (χ2n) is 4.18. The molecule has 0 aliphatic heterocycles. The van der Waals surface area contributed by atoms with Crippen LogP contribution >= 0.6 is 0 Å². The van der Waals surface area contributed by atoms with Crippen LogP contribution in [0.15, 0.2) is 12.1 Å². The summed E-state index contributed by atoms with van der Waals surface area (Å²) < 4.78 is 5.25. The van der Waals surface area contributed by atoms with Crippen molar-refractivity contribution in [3.05, 3.63) is 28.8 Å². The van der Waals surface area contributed by atoms with Crippen LogP contribution in [-0.2, 0) is 5.60 Å². The minimum atomic E-state index is -0.814.